The first-order chi connectivity index (χ1) is 8.90. The maximum absolute atomic E-state index is 3.63. The van der Waals surface area contributed by atoms with Gasteiger partial charge in [-0.15, -0.1) is 0 Å². The maximum Gasteiger partial charge on any atom is 0.0513 e. The van der Waals surface area contributed by atoms with E-state index in [-0.39, 0.29) is 0 Å². The number of para-hydroxylation sites is 1. The molecule has 1 unspecified atom stereocenters. The van der Waals surface area contributed by atoms with Gasteiger partial charge in [-0.3, -0.25) is 0 Å². The summed E-state index contributed by atoms with van der Waals surface area (Å²) >= 11 is 0. The summed E-state index contributed by atoms with van der Waals surface area (Å²) in [5.74, 6) is 0. The van der Waals surface area contributed by atoms with Gasteiger partial charge >= 0.3 is 0 Å². The lowest BCUT2D eigenvalue weighted by Crippen LogP contribution is -2.10. The normalized spacial score (nSPS) is 12.1. The Kier molecular flexibility index (Phi) is 4.83. The molecule has 1 N–H and O–H groups in total. The van der Waals surface area contributed by atoms with Crippen molar-refractivity contribution in [1.82, 2.24) is 0 Å². The third-order valence-corrected chi connectivity index (χ3v) is 3.16. The zero-order chi connectivity index (χ0) is 12.6. The fourth-order valence-electron chi connectivity index (χ4n) is 2.15. The Labute approximate surface area is 110 Å². The Balaban J connectivity index is 2.10. The van der Waals surface area contributed by atoms with E-state index in [1.165, 1.54) is 30.5 Å². The van der Waals surface area contributed by atoms with Crippen LogP contribution in [0.4, 0.5) is 5.69 Å². The second-order valence-electron chi connectivity index (χ2n) is 4.62. The number of benzene rings is 2. The van der Waals surface area contributed by atoms with Crippen molar-refractivity contribution in [2.45, 2.75) is 32.2 Å². The Morgan fingerprint density at radius 2 is 1.50 bits per heavy atom. The Morgan fingerprint density at radius 1 is 0.889 bits per heavy atom. The van der Waals surface area contributed by atoms with Crippen LogP contribution < -0.4 is 5.32 Å². The van der Waals surface area contributed by atoms with E-state index in [4.69, 9.17) is 0 Å². The summed E-state index contributed by atoms with van der Waals surface area (Å²) in [4.78, 5) is 0. The molecule has 0 fully saturated rings. The van der Waals surface area contributed by atoms with E-state index in [1.54, 1.807) is 0 Å². The number of anilines is 1. The molecule has 0 aliphatic rings. The molecule has 0 heterocycles. The predicted octanol–water partition coefficient (Wildman–Crippen LogP) is 5.03. The van der Waals surface area contributed by atoms with Gasteiger partial charge in [0.2, 0.25) is 0 Å². The lowest BCUT2D eigenvalue weighted by molar-refractivity contribution is 0.634. The highest BCUT2D eigenvalue weighted by Gasteiger charge is 2.09. The molecule has 0 aliphatic carbocycles. The van der Waals surface area contributed by atoms with Crippen molar-refractivity contribution in [3.63, 3.8) is 0 Å². The first-order valence-corrected chi connectivity index (χ1v) is 6.76. The van der Waals surface area contributed by atoms with Gasteiger partial charge in [-0.25, -0.2) is 0 Å². The summed E-state index contributed by atoms with van der Waals surface area (Å²) in [5.41, 5.74) is 2.57. The minimum atomic E-state index is 0.411. The van der Waals surface area contributed by atoms with Crippen molar-refractivity contribution in [3.05, 3.63) is 66.2 Å². The summed E-state index contributed by atoms with van der Waals surface area (Å²) < 4.78 is 0. The molecule has 0 aliphatic heterocycles. The summed E-state index contributed by atoms with van der Waals surface area (Å²) in [6.07, 6.45) is 3.66. The van der Waals surface area contributed by atoms with Gasteiger partial charge in [0.15, 0.2) is 0 Å². The third-order valence-electron chi connectivity index (χ3n) is 3.16. The lowest BCUT2D eigenvalue weighted by atomic mass is 10.0. The Morgan fingerprint density at radius 3 is 2.11 bits per heavy atom. The monoisotopic (exact) mass is 239 g/mol. The summed E-state index contributed by atoms with van der Waals surface area (Å²) in [7, 11) is 0. The molecule has 2 aromatic carbocycles. The van der Waals surface area contributed by atoms with Gasteiger partial charge in [-0.1, -0.05) is 68.3 Å². The molecule has 0 aromatic heterocycles. The highest BCUT2D eigenvalue weighted by molar-refractivity contribution is 5.45. The second-order valence-corrected chi connectivity index (χ2v) is 4.62. The van der Waals surface area contributed by atoms with Crippen LogP contribution in [0.3, 0.4) is 0 Å². The van der Waals surface area contributed by atoms with Gasteiger partial charge in [0.25, 0.3) is 0 Å². The number of hydrogen-bond donors (Lipinski definition) is 1. The molecule has 2 rings (SSSR count). The number of nitrogens with one attached hydrogen (secondary N) is 1. The molecule has 1 nitrogen and oxygen atoms in total. The van der Waals surface area contributed by atoms with E-state index < -0.39 is 0 Å². The molecule has 1 heteroatoms. The van der Waals surface area contributed by atoms with E-state index in [1.807, 2.05) is 0 Å². The van der Waals surface area contributed by atoms with E-state index in [9.17, 15) is 0 Å². The van der Waals surface area contributed by atoms with E-state index in [0.717, 1.165) is 0 Å². The van der Waals surface area contributed by atoms with Gasteiger partial charge in [0, 0.05) is 5.69 Å². The predicted molar refractivity (Wildman–Crippen MR) is 78.8 cm³/mol. The number of rotatable bonds is 6. The summed E-state index contributed by atoms with van der Waals surface area (Å²) in [6, 6.07) is 21.6. The molecule has 2 aromatic rings. The molecule has 0 bridgehead atoms. The van der Waals surface area contributed by atoms with Crippen molar-refractivity contribution in [2.24, 2.45) is 0 Å². The van der Waals surface area contributed by atoms with Crippen molar-refractivity contribution in [3.8, 4) is 0 Å². The molecule has 0 radical (unpaired) electrons. The van der Waals surface area contributed by atoms with Crippen LogP contribution in [0.15, 0.2) is 60.7 Å². The minimum Gasteiger partial charge on any atom is -0.378 e. The molecule has 1 atom stereocenters. The standard InChI is InChI=1S/C17H21N/c1-2-3-14-17(15-10-6-4-7-11-15)18-16-12-8-5-9-13-16/h4-13,17-18H,2-3,14H2,1H3. The average Bonchev–Trinajstić information content (AvgIpc) is 2.45. The van der Waals surface area contributed by atoms with E-state index in [2.05, 4.69) is 72.9 Å². The van der Waals surface area contributed by atoms with Gasteiger partial charge in [-0.05, 0) is 24.1 Å². The fraction of sp³-hybridized carbons (Fsp3) is 0.294. The second kappa shape index (κ2) is 6.85. The van der Waals surface area contributed by atoms with Gasteiger partial charge < -0.3 is 5.32 Å². The Bertz CT molecular complexity index is 436. The number of unbranched alkanes of at least 4 members (excludes halogenated alkanes) is 1. The van der Waals surface area contributed by atoms with Gasteiger partial charge in [-0.2, -0.15) is 0 Å². The van der Waals surface area contributed by atoms with Crippen LogP contribution in [0.2, 0.25) is 0 Å². The molecule has 94 valence electrons. The number of hydrogen-bond acceptors (Lipinski definition) is 1. The minimum absolute atomic E-state index is 0.411. The quantitative estimate of drug-likeness (QED) is 0.745. The first-order valence-electron chi connectivity index (χ1n) is 6.76. The highest BCUT2D eigenvalue weighted by Crippen LogP contribution is 2.24. The molecule has 0 amide bonds. The zero-order valence-corrected chi connectivity index (χ0v) is 11.0. The molecule has 18 heavy (non-hydrogen) atoms. The van der Waals surface area contributed by atoms with Gasteiger partial charge in [0.1, 0.15) is 0 Å². The first kappa shape index (κ1) is 12.7. The van der Waals surface area contributed by atoms with Crippen molar-refractivity contribution >= 4 is 5.69 Å². The SMILES string of the molecule is CCCCC(Nc1ccccc1)c1ccccc1. The van der Waals surface area contributed by atoms with Crippen molar-refractivity contribution in [2.75, 3.05) is 5.32 Å². The fourth-order valence-corrected chi connectivity index (χ4v) is 2.15. The van der Waals surface area contributed by atoms with Crippen molar-refractivity contribution < 1.29 is 0 Å². The summed E-state index contributed by atoms with van der Waals surface area (Å²) in [6.45, 7) is 2.24. The average molecular weight is 239 g/mol. The highest BCUT2D eigenvalue weighted by atomic mass is 14.9. The van der Waals surface area contributed by atoms with Crippen LogP contribution in [0.5, 0.6) is 0 Å². The van der Waals surface area contributed by atoms with Crippen LogP contribution in [0.1, 0.15) is 37.8 Å². The maximum atomic E-state index is 3.63. The largest absolute Gasteiger partial charge is 0.378 e. The van der Waals surface area contributed by atoms with Crippen molar-refractivity contribution in [1.29, 1.82) is 0 Å². The Hall–Kier alpha value is -1.76. The molecular formula is C17H21N. The van der Waals surface area contributed by atoms with Crippen LogP contribution in [0.25, 0.3) is 0 Å². The lowest BCUT2D eigenvalue weighted by Gasteiger charge is -2.20. The molecule has 0 saturated heterocycles. The van der Waals surface area contributed by atoms with E-state index in [0.29, 0.717) is 6.04 Å². The van der Waals surface area contributed by atoms with Crippen LogP contribution in [0, 0.1) is 0 Å². The molecular weight excluding hydrogens is 218 g/mol. The molecule has 0 spiro atoms. The topological polar surface area (TPSA) is 12.0 Å². The van der Waals surface area contributed by atoms with Crippen LogP contribution >= 0.6 is 0 Å². The van der Waals surface area contributed by atoms with E-state index >= 15 is 0 Å². The third kappa shape index (κ3) is 3.63. The van der Waals surface area contributed by atoms with Crippen LogP contribution in [-0.4, -0.2) is 0 Å². The molecule has 0 saturated carbocycles. The smallest absolute Gasteiger partial charge is 0.0513 e. The summed E-state index contributed by atoms with van der Waals surface area (Å²) in [5, 5.41) is 3.63. The van der Waals surface area contributed by atoms with Crippen LogP contribution in [-0.2, 0) is 0 Å². The zero-order valence-electron chi connectivity index (χ0n) is 11.0. The van der Waals surface area contributed by atoms with Gasteiger partial charge in [0.05, 0.1) is 6.04 Å².